The Kier molecular flexibility index (Phi) is 5.48. The molecule has 1 aromatic rings. The topological polar surface area (TPSA) is 93.1 Å². The zero-order valence-corrected chi connectivity index (χ0v) is 14.0. The highest BCUT2D eigenvalue weighted by atomic mass is 32.2. The smallest absolute Gasteiger partial charge is 0.322 e. The molecule has 1 aliphatic heterocycles. The molecule has 0 amide bonds. The molecule has 1 aliphatic rings. The predicted octanol–water partition coefficient (Wildman–Crippen LogP) is 1.72. The second-order valence-corrected chi connectivity index (χ2v) is 6.98. The summed E-state index contributed by atoms with van der Waals surface area (Å²) in [7, 11) is -3.89. The molecule has 23 heavy (non-hydrogen) atoms. The standard InChI is InChI=1S/C15H21NO6S/c1-3-21-13-8-7-11(10-14(13)22-4-2)23(19,20)16-9-5-6-12(16)15(17)18/h7-8,10,12H,3-6,9H2,1-2H3,(H,17,18). The number of hydrogen-bond donors (Lipinski definition) is 1. The van der Waals surface area contributed by atoms with Crippen LogP contribution in [0.3, 0.4) is 0 Å². The maximum Gasteiger partial charge on any atom is 0.322 e. The average molecular weight is 343 g/mol. The number of rotatable bonds is 7. The molecule has 7 nitrogen and oxygen atoms in total. The summed E-state index contributed by atoms with van der Waals surface area (Å²) in [5.41, 5.74) is 0. The first-order chi connectivity index (χ1) is 10.9. The van der Waals surface area contributed by atoms with Gasteiger partial charge in [-0.1, -0.05) is 0 Å². The molecule has 8 heteroatoms. The summed E-state index contributed by atoms with van der Waals surface area (Å²) in [5.74, 6) is -0.326. The van der Waals surface area contributed by atoms with E-state index >= 15 is 0 Å². The van der Waals surface area contributed by atoms with Crippen molar-refractivity contribution in [1.29, 1.82) is 0 Å². The third-order valence-corrected chi connectivity index (χ3v) is 5.51. The number of carboxylic acids is 1. The Bertz CT molecular complexity index is 673. The molecule has 1 unspecified atom stereocenters. The minimum Gasteiger partial charge on any atom is -0.490 e. The van der Waals surface area contributed by atoms with Gasteiger partial charge < -0.3 is 14.6 Å². The molecule has 1 atom stereocenters. The van der Waals surface area contributed by atoms with Crippen LogP contribution in [0.15, 0.2) is 23.1 Å². The van der Waals surface area contributed by atoms with Gasteiger partial charge in [0.1, 0.15) is 6.04 Å². The minimum absolute atomic E-state index is 0.0116. The summed E-state index contributed by atoms with van der Waals surface area (Å²) in [4.78, 5) is 11.3. The number of ether oxygens (including phenoxy) is 2. The van der Waals surface area contributed by atoms with Crippen LogP contribution in [0.2, 0.25) is 0 Å². The average Bonchev–Trinajstić information content (AvgIpc) is 3.00. The highest BCUT2D eigenvalue weighted by Crippen LogP contribution is 2.33. The van der Waals surface area contributed by atoms with Gasteiger partial charge in [0.05, 0.1) is 18.1 Å². The van der Waals surface area contributed by atoms with E-state index in [4.69, 9.17) is 9.47 Å². The van der Waals surface area contributed by atoms with Crippen molar-refractivity contribution < 1.29 is 27.8 Å². The van der Waals surface area contributed by atoms with Gasteiger partial charge in [0, 0.05) is 12.6 Å². The van der Waals surface area contributed by atoms with Gasteiger partial charge in [0.2, 0.25) is 10.0 Å². The van der Waals surface area contributed by atoms with E-state index < -0.39 is 22.0 Å². The molecule has 0 radical (unpaired) electrons. The van der Waals surface area contributed by atoms with E-state index in [0.29, 0.717) is 37.6 Å². The van der Waals surface area contributed by atoms with Crippen molar-refractivity contribution in [1.82, 2.24) is 4.31 Å². The van der Waals surface area contributed by atoms with Crippen molar-refractivity contribution in [2.24, 2.45) is 0 Å². The van der Waals surface area contributed by atoms with Gasteiger partial charge in [-0.05, 0) is 38.8 Å². The van der Waals surface area contributed by atoms with Gasteiger partial charge in [-0.15, -0.1) is 0 Å². The van der Waals surface area contributed by atoms with Crippen LogP contribution in [0.4, 0.5) is 0 Å². The largest absolute Gasteiger partial charge is 0.490 e. The molecule has 2 rings (SSSR count). The van der Waals surface area contributed by atoms with Crippen LogP contribution in [-0.4, -0.2) is 49.6 Å². The first-order valence-corrected chi connectivity index (χ1v) is 9.00. The Balaban J connectivity index is 2.39. The van der Waals surface area contributed by atoms with Gasteiger partial charge in [-0.25, -0.2) is 8.42 Å². The second-order valence-electron chi connectivity index (χ2n) is 5.09. The fraction of sp³-hybridized carbons (Fsp3) is 0.533. The molecule has 0 aliphatic carbocycles. The molecule has 128 valence electrons. The van der Waals surface area contributed by atoms with Gasteiger partial charge in [0.15, 0.2) is 11.5 Å². The van der Waals surface area contributed by atoms with E-state index in [1.165, 1.54) is 18.2 Å². The number of aliphatic carboxylic acids is 1. The maximum atomic E-state index is 12.7. The molecular weight excluding hydrogens is 322 g/mol. The number of carbonyl (C=O) groups is 1. The lowest BCUT2D eigenvalue weighted by molar-refractivity contribution is -0.140. The Morgan fingerprint density at radius 1 is 1.26 bits per heavy atom. The van der Waals surface area contributed by atoms with Crippen LogP contribution >= 0.6 is 0 Å². The zero-order valence-electron chi connectivity index (χ0n) is 13.2. The molecule has 0 saturated carbocycles. The molecule has 0 spiro atoms. The Hall–Kier alpha value is -1.80. The first kappa shape index (κ1) is 17.6. The molecule has 1 heterocycles. The summed E-state index contributed by atoms with van der Waals surface area (Å²) >= 11 is 0. The third kappa shape index (κ3) is 3.59. The number of hydrogen-bond acceptors (Lipinski definition) is 5. The van der Waals surface area contributed by atoms with E-state index in [2.05, 4.69) is 0 Å². The number of sulfonamides is 1. The van der Waals surface area contributed by atoms with Crippen LogP contribution < -0.4 is 9.47 Å². The van der Waals surface area contributed by atoms with Crippen LogP contribution in [0.25, 0.3) is 0 Å². The lowest BCUT2D eigenvalue weighted by atomic mass is 10.2. The lowest BCUT2D eigenvalue weighted by Crippen LogP contribution is -2.40. The van der Waals surface area contributed by atoms with E-state index in [9.17, 15) is 18.3 Å². The van der Waals surface area contributed by atoms with Gasteiger partial charge >= 0.3 is 5.97 Å². The summed E-state index contributed by atoms with van der Waals surface area (Å²) in [5, 5.41) is 9.20. The molecule has 0 aromatic heterocycles. The van der Waals surface area contributed by atoms with Gasteiger partial charge in [-0.2, -0.15) is 4.31 Å². The number of carboxylic acid groups (broad SMARTS) is 1. The van der Waals surface area contributed by atoms with Crippen LogP contribution in [0.5, 0.6) is 11.5 Å². The van der Waals surface area contributed by atoms with Crippen molar-refractivity contribution >= 4 is 16.0 Å². The Labute approximate surface area is 135 Å². The summed E-state index contributed by atoms with van der Waals surface area (Å²) in [6, 6.07) is 3.33. The fourth-order valence-corrected chi connectivity index (χ4v) is 4.27. The van der Waals surface area contributed by atoms with Crippen LogP contribution in [0.1, 0.15) is 26.7 Å². The van der Waals surface area contributed by atoms with Crippen molar-refractivity contribution in [3.05, 3.63) is 18.2 Å². The first-order valence-electron chi connectivity index (χ1n) is 7.56. The Morgan fingerprint density at radius 2 is 1.91 bits per heavy atom. The van der Waals surface area contributed by atoms with Crippen molar-refractivity contribution in [3.63, 3.8) is 0 Å². The fourth-order valence-electron chi connectivity index (χ4n) is 2.60. The van der Waals surface area contributed by atoms with Crippen LogP contribution in [-0.2, 0) is 14.8 Å². The van der Waals surface area contributed by atoms with Crippen molar-refractivity contribution in [2.45, 2.75) is 37.6 Å². The zero-order chi connectivity index (χ0) is 17.0. The quantitative estimate of drug-likeness (QED) is 0.810. The van der Waals surface area contributed by atoms with Gasteiger partial charge in [0.25, 0.3) is 0 Å². The summed E-state index contributed by atoms with van der Waals surface area (Å²) < 4.78 is 37.4. The van der Waals surface area contributed by atoms with E-state index in [0.717, 1.165) is 4.31 Å². The van der Waals surface area contributed by atoms with E-state index in [1.807, 2.05) is 6.92 Å². The van der Waals surface area contributed by atoms with E-state index in [1.54, 1.807) is 6.92 Å². The molecule has 1 fully saturated rings. The van der Waals surface area contributed by atoms with Crippen LogP contribution in [0, 0.1) is 0 Å². The normalized spacial score (nSPS) is 18.8. The third-order valence-electron chi connectivity index (χ3n) is 3.61. The molecule has 1 saturated heterocycles. The summed E-state index contributed by atoms with van der Waals surface area (Å²) in [6.07, 6.45) is 0.857. The molecule has 1 N–H and O–H groups in total. The summed E-state index contributed by atoms with van der Waals surface area (Å²) in [6.45, 7) is 4.61. The monoisotopic (exact) mass is 343 g/mol. The highest BCUT2D eigenvalue weighted by molar-refractivity contribution is 7.89. The molecule has 0 bridgehead atoms. The predicted molar refractivity (Wildman–Crippen MR) is 83.3 cm³/mol. The molecular formula is C15H21NO6S. The Morgan fingerprint density at radius 3 is 2.52 bits per heavy atom. The van der Waals surface area contributed by atoms with Gasteiger partial charge in [-0.3, -0.25) is 4.79 Å². The van der Waals surface area contributed by atoms with E-state index in [-0.39, 0.29) is 11.4 Å². The second kappa shape index (κ2) is 7.18. The number of nitrogens with zero attached hydrogens (tertiary/aromatic N) is 1. The molecule has 1 aromatic carbocycles. The SMILES string of the molecule is CCOc1ccc(S(=O)(=O)N2CCCC2C(=O)O)cc1OCC. The van der Waals surface area contributed by atoms with Crippen molar-refractivity contribution in [2.75, 3.05) is 19.8 Å². The lowest BCUT2D eigenvalue weighted by Gasteiger charge is -2.21. The maximum absolute atomic E-state index is 12.7. The van der Waals surface area contributed by atoms with Crippen molar-refractivity contribution in [3.8, 4) is 11.5 Å². The minimum atomic E-state index is -3.89. The number of benzene rings is 1. The highest BCUT2D eigenvalue weighted by Gasteiger charge is 2.39.